The molecule has 7 heteroatoms. The van der Waals surface area contributed by atoms with Gasteiger partial charge in [0.15, 0.2) is 0 Å². The molecule has 0 aliphatic carbocycles. The third-order valence-electron chi connectivity index (χ3n) is 1.80. The van der Waals surface area contributed by atoms with Gasteiger partial charge >= 0.3 is 18.1 Å². The molecule has 0 aromatic rings. The predicted octanol–water partition coefficient (Wildman–Crippen LogP) is 0.642. The zero-order chi connectivity index (χ0) is 13.6. The highest BCUT2D eigenvalue weighted by atomic mass is 19.4. The highest BCUT2D eigenvalue weighted by Gasteiger charge is 2.42. The Morgan fingerprint density at radius 1 is 1.53 bits per heavy atom. The Morgan fingerprint density at radius 2 is 2.06 bits per heavy atom. The van der Waals surface area contributed by atoms with Crippen molar-refractivity contribution in [2.75, 3.05) is 7.11 Å². The van der Waals surface area contributed by atoms with Crippen molar-refractivity contribution in [3.8, 4) is 12.3 Å². The second kappa shape index (κ2) is 5.94. The molecule has 0 aromatic carbocycles. The van der Waals surface area contributed by atoms with Crippen molar-refractivity contribution < 1.29 is 27.5 Å². The van der Waals surface area contributed by atoms with Gasteiger partial charge in [0.25, 0.3) is 0 Å². The summed E-state index contributed by atoms with van der Waals surface area (Å²) in [6.45, 7) is 3.26. The summed E-state index contributed by atoms with van der Waals surface area (Å²) < 4.78 is 40.3. The molecule has 0 bridgehead atoms. The number of methoxy groups -OCH3 is 1. The van der Waals surface area contributed by atoms with Gasteiger partial charge in [-0.15, -0.1) is 13.0 Å². The Hall–Kier alpha value is -1.97. The van der Waals surface area contributed by atoms with Crippen LogP contribution < -0.4 is 5.32 Å². The molecule has 17 heavy (non-hydrogen) atoms. The van der Waals surface area contributed by atoms with Gasteiger partial charge in [-0.3, -0.25) is 4.79 Å². The number of esters is 1. The lowest BCUT2D eigenvalue weighted by atomic mass is 10.0. The van der Waals surface area contributed by atoms with Crippen LogP contribution in [0.1, 0.15) is 0 Å². The maximum Gasteiger partial charge on any atom is 0.471 e. The minimum atomic E-state index is -5.10. The number of nitrogens with one attached hydrogen (secondary N) is 1. The lowest BCUT2D eigenvalue weighted by molar-refractivity contribution is -0.176. The molecule has 0 unspecified atom stereocenters. The summed E-state index contributed by atoms with van der Waals surface area (Å²) in [5.74, 6) is -2.41. The van der Waals surface area contributed by atoms with Gasteiger partial charge in [0, 0.05) is 0 Å². The number of terminal acetylenes is 1. The van der Waals surface area contributed by atoms with Gasteiger partial charge in [-0.1, -0.05) is 12.0 Å². The van der Waals surface area contributed by atoms with Gasteiger partial charge in [-0.25, -0.2) is 4.79 Å². The van der Waals surface area contributed by atoms with Gasteiger partial charge in [-0.05, 0) is 0 Å². The molecule has 0 aliphatic rings. The van der Waals surface area contributed by atoms with Gasteiger partial charge in [0.1, 0.15) is 6.04 Å². The van der Waals surface area contributed by atoms with E-state index < -0.39 is 30.0 Å². The molecule has 0 fully saturated rings. The fourth-order valence-corrected chi connectivity index (χ4v) is 0.946. The second-order valence-electron chi connectivity index (χ2n) is 2.90. The van der Waals surface area contributed by atoms with Crippen LogP contribution >= 0.6 is 0 Å². The lowest BCUT2D eigenvalue weighted by Gasteiger charge is -2.20. The Morgan fingerprint density at radius 3 is 2.35 bits per heavy atom. The van der Waals surface area contributed by atoms with Crippen LogP contribution in [-0.2, 0) is 14.3 Å². The molecule has 0 radical (unpaired) electrons. The summed E-state index contributed by atoms with van der Waals surface area (Å²) >= 11 is 0. The molecule has 0 saturated heterocycles. The summed E-state index contributed by atoms with van der Waals surface area (Å²) in [5, 5.41) is 1.46. The van der Waals surface area contributed by atoms with Gasteiger partial charge in [-0.2, -0.15) is 13.2 Å². The first-order chi connectivity index (χ1) is 7.77. The van der Waals surface area contributed by atoms with Crippen molar-refractivity contribution in [3.63, 3.8) is 0 Å². The molecule has 0 saturated carbocycles. The molecule has 0 rings (SSSR count). The van der Waals surface area contributed by atoms with Crippen LogP contribution in [0.3, 0.4) is 0 Å². The summed E-state index contributed by atoms with van der Waals surface area (Å²) in [7, 11) is 0.964. The predicted molar refractivity (Wildman–Crippen MR) is 52.5 cm³/mol. The first kappa shape index (κ1) is 15.0. The standard InChI is InChI=1S/C10H10F3NO3/c1-4-6(5-2)7(8(15)17-3)14-9(16)10(11,12)13/h1,5-7H,2H2,3H3,(H,14,16)/t6-,7-/m0/s1. The van der Waals surface area contributed by atoms with Gasteiger partial charge in [0.2, 0.25) is 0 Å². The number of hydrogen-bond acceptors (Lipinski definition) is 3. The fourth-order valence-electron chi connectivity index (χ4n) is 0.946. The van der Waals surface area contributed by atoms with E-state index in [2.05, 4.69) is 11.3 Å². The number of amides is 1. The monoisotopic (exact) mass is 249 g/mol. The Balaban J connectivity index is 4.98. The number of alkyl halides is 3. The van der Waals surface area contributed by atoms with Crippen LogP contribution in [-0.4, -0.2) is 31.2 Å². The highest BCUT2D eigenvalue weighted by molar-refractivity contribution is 5.88. The number of rotatable bonds is 4. The molecule has 2 atom stereocenters. The quantitative estimate of drug-likeness (QED) is 0.452. The van der Waals surface area contributed by atoms with Crippen molar-refractivity contribution in [2.45, 2.75) is 12.2 Å². The third kappa shape index (κ3) is 4.18. The molecule has 0 heterocycles. The Labute approximate surface area is 95.8 Å². The van der Waals surface area contributed by atoms with Crippen molar-refractivity contribution in [1.29, 1.82) is 0 Å². The van der Waals surface area contributed by atoms with E-state index in [1.807, 2.05) is 5.92 Å². The van der Waals surface area contributed by atoms with Crippen LogP contribution in [0.4, 0.5) is 13.2 Å². The average molecular weight is 249 g/mol. The summed E-state index contributed by atoms with van der Waals surface area (Å²) in [4.78, 5) is 21.9. The molecule has 4 nitrogen and oxygen atoms in total. The van der Waals surface area contributed by atoms with Crippen molar-refractivity contribution in [2.24, 2.45) is 5.92 Å². The largest absolute Gasteiger partial charge is 0.471 e. The third-order valence-corrected chi connectivity index (χ3v) is 1.80. The maximum absolute atomic E-state index is 12.0. The molecule has 1 N–H and O–H groups in total. The molecule has 0 spiro atoms. The van der Waals surface area contributed by atoms with E-state index in [4.69, 9.17) is 6.42 Å². The Bertz CT molecular complexity index is 357. The van der Waals surface area contributed by atoms with E-state index in [1.54, 1.807) is 0 Å². The van der Waals surface area contributed by atoms with E-state index in [1.165, 1.54) is 5.32 Å². The van der Waals surface area contributed by atoms with E-state index in [0.717, 1.165) is 13.2 Å². The number of ether oxygens (including phenoxy) is 1. The molecule has 0 aliphatic heterocycles. The number of carbonyl (C=O) groups is 2. The van der Waals surface area contributed by atoms with Gasteiger partial charge in [0.05, 0.1) is 13.0 Å². The smallest absolute Gasteiger partial charge is 0.467 e. The summed E-state index contributed by atoms with van der Waals surface area (Å²) in [5.41, 5.74) is 0. The van der Waals surface area contributed by atoms with E-state index in [-0.39, 0.29) is 0 Å². The van der Waals surface area contributed by atoms with Crippen LogP contribution in [0.2, 0.25) is 0 Å². The van der Waals surface area contributed by atoms with Crippen molar-refractivity contribution in [1.82, 2.24) is 5.32 Å². The van der Waals surface area contributed by atoms with Crippen molar-refractivity contribution in [3.05, 3.63) is 12.7 Å². The highest BCUT2D eigenvalue weighted by Crippen LogP contribution is 2.16. The number of carbonyl (C=O) groups excluding carboxylic acids is 2. The first-order valence-electron chi connectivity index (χ1n) is 4.32. The van der Waals surface area contributed by atoms with E-state index >= 15 is 0 Å². The second-order valence-corrected chi connectivity index (χ2v) is 2.90. The van der Waals surface area contributed by atoms with Crippen LogP contribution in [0, 0.1) is 18.3 Å². The maximum atomic E-state index is 12.0. The molecular formula is C10H10F3NO3. The van der Waals surface area contributed by atoms with Gasteiger partial charge < -0.3 is 10.1 Å². The minimum absolute atomic E-state index is 0.964. The molecule has 1 amide bonds. The average Bonchev–Trinajstić information content (AvgIpc) is 2.26. The van der Waals surface area contributed by atoms with Crippen LogP contribution in [0.25, 0.3) is 0 Å². The van der Waals surface area contributed by atoms with Crippen LogP contribution in [0.5, 0.6) is 0 Å². The number of halogens is 3. The zero-order valence-electron chi connectivity index (χ0n) is 8.88. The fraction of sp³-hybridized carbons (Fsp3) is 0.400. The SMILES string of the molecule is C#C[C@@H](C=C)[C@H](NC(=O)C(F)(F)F)C(=O)OC. The molecular weight excluding hydrogens is 239 g/mol. The molecule has 94 valence electrons. The van der Waals surface area contributed by atoms with Crippen molar-refractivity contribution >= 4 is 11.9 Å². The zero-order valence-corrected chi connectivity index (χ0v) is 8.88. The molecule has 0 aromatic heterocycles. The van der Waals surface area contributed by atoms with Crippen LogP contribution in [0.15, 0.2) is 12.7 Å². The van der Waals surface area contributed by atoms with E-state index in [0.29, 0.717) is 0 Å². The summed E-state index contributed by atoms with van der Waals surface area (Å²) in [6, 6.07) is -1.61. The normalized spacial score (nSPS) is 14.1. The minimum Gasteiger partial charge on any atom is -0.467 e. The topological polar surface area (TPSA) is 55.4 Å². The summed E-state index contributed by atoms with van der Waals surface area (Å²) in [6.07, 6.45) is 0.963. The first-order valence-corrected chi connectivity index (χ1v) is 4.32. The number of hydrogen-bond donors (Lipinski definition) is 1. The lowest BCUT2D eigenvalue weighted by Crippen LogP contribution is -2.50. The van der Waals surface area contributed by atoms with E-state index in [9.17, 15) is 22.8 Å². The Kier molecular flexibility index (Phi) is 5.25.